The molecule has 12 aromatic carbocycles. The van der Waals surface area contributed by atoms with Gasteiger partial charge in [-0.1, -0.05) is 383 Å². The van der Waals surface area contributed by atoms with E-state index in [1.54, 1.807) is 24.5 Å². The zero-order chi connectivity index (χ0) is 79.7. The third-order valence-electron chi connectivity index (χ3n) is 17.2. The molecule has 11 nitrogen and oxygen atoms in total. The minimum atomic E-state index is -0.446. The molecule has 17 heteroatoms. The van der Waals surface area contributed by atoms with E-state index in [1.165, 1.54) is 102 Å². The van der Waals surface area contributed by atoms with Crippen molar-refractivity contribution in [3.8, 4) is 23.3 Å². The van der Waals surface area contributed by atoms with Crippen LogP contribution in [0.25, 0.3) is 4.85 Å². The van der Waals surface area contributed by atoms with E-state index in [-0.39, 0.29) is 32.8 Å². The number of pyridine rings is 4. The van der Waals surface area contributed by atoms with Gasteiger partial charge in [-0.25, -0.2) is 15.0 Å². The van der Waals surface area contributed by atoms with Gasteiger partial charge in [0.05, 0.1) is 37.7 Å². The zero-order valence-corrected chi connectivity index (χ0v) is 70.4. The zero-order valence-electron chi connectivity index (χ0n) is 63.7. The Morgan fingerprint density at radius 3 is 0.733 bits per heavy atom. The van der Waals surface area contributed by atoms with Crippen LogP contribution in [-0.4, -0.2) is 46.7 Å². The Bertz CT molecular complexity index is 4710. The average molecular weight is 1750 g/mol. The van der Waals surface area contributed by atoms with Gasteiger partial charge < -0.3 is 23.8 Å². The summed E-state index contributed by atoms with van der Waals surface area (Å²) >= 11 is 3.33. The van der Waals surface area contributed by atoms with E-state index < -0.39 is 31.7 Å². The summed E-state index contributed by atoms with van der Waals surface area (Å²) in [5.41, 5.74) is 2.27. The van der Waals surface area contributed by atoms with Crippen LogP contribution in [0.4, 0.5) is 5.82 Å². The van der Waals surface area contributed by atoms with Crippen molar-refractivity contribution in [3.05, 3.63) is 463 Å². The van der Waals surface area contributed by atoms with Gasteiger partial charge in [-0.15, -0.1) is 4.98 Å². The number of methoxy groups -OCH3 is 2. The second-order valence-electron chi connectivity index (χ2n) is 24.8. The van der Waals surface area contributed by atoms with Crippen LogP contribution in [0, 0.1) is 6.57 Å². The number of hydrogen-bond acceptors (Lipinski definition) is 10. The maximum absolute atomic E-state index is 11.0. The number of nitrogens with zero attached hydrogens (tertiary/aromatic N) is 5. The van der Waals surface area contributed by atoms with Gasteiger partial charge in [0, 0.05) is 49.9 Å². The van der Waals surface area contributed by atoms with Crippen molar-refractivity contribution >= 4 is 130 Å². The van der Waals surface area contributed by atoms with Crippen molar-refractivity contribution in [2.75, 3.05) is 14.2 Å². The molecule has 0 aliphatic heterocycles. The third kappa shape index (κ3) is 26.1. The maximum Gasteiger partial charge on any atom is 0.276 e. The molecule has 0 aliphatic rings. The molecule has 0 aliphatic carbocycles. The van der Waals surface area contributed by atoms with Gasteiger partial charge in [-0.05, 0) is 123 Å². The number of halogens is 1. The molecule has 16 rings (SSSR count). The maximum atomic E-state index is 11.0. The molecular formula is C99H82BrN5O6P4Pd. The fraction of sp³-hybridized carbons (Fsp3) is 0.0404. The molecule has 0 saturated carbocycles. The molecule has 4 aromatic heterocycles. The molecule has 0 amide bonds. The second-order valence-corrected chi connectivity index (χ2v) is 34.4. The van der Waals surface area contributed by atoms with E-state index in [4.69, 9.17) is 25.5 Å². The number of carbonyl (C=O) groups excluding carboxylic acids is 2. The molecular weight excluding hydrogens is 1670 g/mol. The Morgan fingerprint density at radius 2 is 0.526 bits per heavy atom. The Balaban J connectivity index is 0.000000147. The molecule has 0 bridgehead atoms. The number of aromatic nitrogens is 4. The van der Waals surface area contributed by atoms with E-state index >= 15 is 0 Å². The molecule has 0 unspecified atom stereocenters. The van der Waals surface area contributed by atoms with Gasteiger partial charge >= 0.3 is 0 Å². The molecule has 576 valence electrons. The standard InChI is InChI=1S/4C18H15P.C14H11N3O3.C13H11BrN2O3.Pd/c4*1-4-10-16(11-5-1)19(17-12-6-2-7-13-17)18-14-8-3-9-15-18;1-15-14-10(4-3-5-16-14)9-20-12-7-17-13(19-2)6-11(12)8-18;1-18-12-5-10(7-17)11(6-16-12)19-8-9-3-2-4-15-13(9)14;/h4*1-15H;3-8H,9H2,2H3;2-7H,8H2,1H3;. The Morgan fingerprint density at radius 1 is 0.310 bits per heavy atom. The summed E-state index contributed by atoms with van der Waals surface area (Å²) in [6.45, 7) is 7.46. The van der Waals surface area contributed by atoms with Crippen LogP contribution in [0.5, 0.6) is 23.3 Å². The molecule has 16 aromatic rings. The Hall–Kier alpha value is -11.9. The van der Waals surface area contributed by atoms with Crippen LogP contribution in [0.15, 0.2) is 430 Å². The minimum Gasteiger partial charge on any atom is -0.488 e. The summed E-state index contributed by atoms with van der Waals surface area (Å²) in [6.07, 6.45) is 7.47. The van der Waals surface area contributed by atoms with Crippen LogP contribution in [0.1, 0.15) is 31.8 Å². The quantitative estimate of drug-likeness (QED) is 0.0213. The van der Waals surface area contributed by atoms with E-state index in [0.717, 1.165) is 5.56 Å². The summed E-state index contributed by atoms with van der Waals surface area (Å²) in [4.78, 5) is 41.3. The van der Waals surface area contributed by atoms with Crippen LogP contribution in [-0.2, 0) is 33.6 Å². The predicted octanol–water partition coefficient (Wildman–Crippen LogP) is 18.8. The Labute approximate surface area is 707 Å². The van der Waals surface area contributed by atoms with Gasteiger partial charge in [0.2, 0.25) is 11.8 Å². The van der Waals surface area contributed by atoms with Gasteiger partial charge in [0.25, 0.3) is 5.82 Å². The van der Waals surface area contributed by atoms with Crippen molar-refractivity contribution in [2.45, 2.75) is 13.2 Å². The minimum absolute atomic E-state index is 0. The second kappa shape index (κ2) is 48.4. The summed E-state index contributed by atoms with van der Waals surface area (Å²) in [5, 5.41) is 16.8. The average Bonchev–Trinajstić information content (AvgIpc) is 0.834. The van der Waals surface area contributed by atoms with Gasteiger partial charge in [-0.3, -0.25) is 9.59 Å². The van der Waals surface area contributed by atoms with E-state index in [1.807, 2.05) is 12.1 Å². The van der Waals surface area contributed by atoms with Crippen molar-refractivity contribution in [3.63, 3.8) is 0 Å². The van der Waals surface area contributed by atoms with E-state index in [9.17, 15) is 9.59 Å². The number of ether oxygens (including phenoxy) is 4. The molecule has 0 radical (unpaired) electrons. The Kier molecular flexibility index (Phi) is 36.1. The first-order valence-corrected chi connectivity index (χ1v) is 42.9. The van der Waals surface area contributed by atoms with Gasteiger partial charge in [0.1, 0.15) is 35.5 Å². The SMILES string of the molecule is COc1cc(C=O)c(OCc2cccnc2Br)cn1.[C-]#[N+]c1ncccc1COc1cnc(OC)cc1C=O.[Pd].c1ccc(P(c2ccccc2)c2ccccc2)cc1.c1ccc(P(c2ccccc2)c2ccccc2)cc1.c1ccc(P(c2ccccc2)c2ccccc2)cc1.c1ccc(P(c2ccccc2)c2ccccc2)cc1. The smallest absolute Gasteiger partial charge is 0.276 e. The van der Waals surface area contributed by atoms with Crippen molar-refractivity contribution in [2.24, 2.45) is 0 Å². The summed E-state index contributed by atoms with van der Waals surface area (Å²) in [7, 11) is 1.17. The number of hydrogen-bond donors (Lipinski definition) is 0. The van der Waals surface area contributed by atoms with Crippen molar-refractivity contribution in [1.82, 2.24) is 19.9 Å². The fourth-order valence-corrected chi connectivity index (χ4v) is 21.3. The van der Waals surface area contributed by atoms with Crippen molar-refractivity contribution < 1.29 is 49.0 Å². The van der Waals surface area contributed by atoms with Gasteiger partial charge in [-0.2, -0.15) is 0 Å². The van der Waals surface area contributed by atoms with E-state index in [2.05, 4.69) is 405 Å². The molecule has 0 fully saturated rings. The number of rotatable bonds is 22. The largest absolute Gasteiger partial charge is 0.488 e. The topological polar surface area (TPSA) is 127 Å². The first-order valence-electron chi connectivity index (χ1n) is 36.8. The van der Waals surface area contributed by atoms with Crippen molar-refractivity contribution in [1.29, 1.82) is 0 Å². The fourth-order valence-electron chi connectivity index (χ4n) is 11.7. The normalized spacial score (nSPS) is 10.2. The molecule has 116 heavy (non-hydrogen) atoms. The molecule has 0 spiro atoms. The number of aldehydes is 2. The van der Waals surface area contributed by atoms with E-state index in [0.29, 0.717) is 63.7 Å². The van der Waals surface area contributed by atoms with Gasteiger partial charge in [0.15, 0.2) is 12.6 Å². The van der Waals surface area contributed by atoms with Crippen LogP contribution >= 0.6 is 47.6 Å². The first kappa shape index (κ1) is 86.5. The third-order valence-corrected chi connectivity index (χ3v) is 27.7. The monoisotopic (exact) mass is 1750 g/mol. The molecule has 0 atom stereocenters. The predicted molar refractivity (Wildman–Crippen MR) is 484 cm³/mol. The number of benzene rings is 12. The van der Waals surface area contributed by atoms with Crippen LogP contribution < -0.4 is 82.6 Å². The first-order chi connectivity index (χ1) is 56.8. The molecule has 0 saturated heterocycles. The van der Waals surface area contributed by atoms with Crippen LogP contribution in [0.2, 0.25) is 0 Å². The summed E-state index contributed by atoms with van der Waals surface area (Å²) in [6, 6.07) is 139. The summed E-state index contributed by atoms with van der Waals surface area (Å²) < 4.78 is 21.7. The molecule has 0 N–H and O–H groups in total. The summed E-state index contributed by atoms with van der Waals surface area (Å²) in [5.74, 6) is 1.73. The number of carbonyl (C=O) groups is 2. The molecule has 4 heterocycles. The van der Waals surface area contributed by atoms with Crippen LogP contribution in [0.3, 0.4) is 0 Å².